The van der Waals surface area contributed by atoms with Crippen molar-refractivity contribution in [1.82, 2.24) is 4.90 Å². The van der Waals surface area contributed by atoms with Crippen molar-refractivity contribution in [2.24, 2.45) is 5.73 Å². The fourth-order valence-corrected chi connectivity index (χ4v) is 1.77. The lowest BCUT2D eigenvalue weighted by molar-refractivity contribution is -0.151. The Morgan fingerprint density at radius 1 is 1.43 bits per heavy atom. The van der Waals surface area contributed by atoms with Gasteiger partial charge in [-0.2, -0.15) is 0 Å². The highest BCUT2D eigenvalue weighted by Crippen LogP contribution is 2.21. The van der Waals surface area contributed by atoms with Gasteiger partial charge in [0.1, 0.15) is 5.54 Å². The standard InChI is InChI=1S/C10H22N2O2/c1-4-12(5-2)10(3,9(13)14)7-6-8-11/h4-8,11H2,1-3H3,(H,13,14)/t10-/m0/s1. The summed E-state index contributed by atoms with van der Waals surface area (Å²) in [5, 5.41) is 9.21. The molecule has 0 fully saturated rings. The Morgan fingerprint density at radius 2 is 1.93 bits per heavy atom. The summed E-state index contributed by atoms with van der Waals surface area (Å²) in [5.41, 5.74) is 4.65. The predicted molar refractivity (Wildman–Crippen MR) is 57.3 cm³/mol. The third-order valence-electron chi connectivity index (χ3n) is 2.79. The molecule has 0 rings (SSSR count). The first kappa shape index (κ1) is 13.4. The van der Waals surface area contributed by atoms with Crippen molar-refractivity contribution in [2.45, 2.75) is 39.2 Å². The monoisotopic (exact) mass is 202 g/mol. The van der Waals surface area contributed by atoms with Crippen LogP contribution in [-0.2, 0) is 4.79 Å². The summed E-state index contributed by atoms with van der Waals surface area (Å²) in [7, 11) is 0. The van der Waals surface area contributed by atoms with Gasteiger partial charge in [-0.25, -0.2) is 0 Å². The number of nitrogens with zero attached hydrogens (tertiary/aromatic N) is 1. The minimum atomic E-state index is -0.761. The molecular weight excluding hydrogens is 180 g/mol. The van der Waals surface area contributed by atoms with Gasteiger partial charge >= 0.3 is 5.97 Å². The van der Waals surface area contributed by atoms with Crippen LogP contribution in [0.5, 0.6) is 0 Å². The zero-order valence-electron chi connectivity index (χ0n) is 9.42. The summed E-state index contributed by atoms with van der Waals surface area (Å²) < 4.78 is 0. The van der Waals surface area contributed by atoms with E-state index in [9.17, 15) is 9.90 Å². The lowest BCUT2D eigenvalue weighted by Crippen LogP contribution is -2.52. The maximum Gasteiger partial charge on any atom is 0.323 e. The average Bonchev–Trinajstić information content (AvgIpc) is 2.16. The number of nitrogens with two attached hydrogens (primary N) is 1. The predicted octanol–water partition coefficient (Wildman–Crippen LogP) is 0.910. The lowest BCUT2D eigenvalue weighted by Gasteiger charge is -2.36. The molecular formula is C10H22N2O2. The summed E-state index contributed by atoms with van der Waals surface area (Å²) >= 11 is 0. The molecule has 0 amide bonds. The van der Waals surface area contributed by atoms with E-state index in [0.717, 1.165) is 19.5 Å². The zero-order chi connectivity index (χ0) is 11.2. The van der Waals surface area contributed by atoms with Crippen LogP contribution in [0.25, 0.3) is 0 Å². The molecule has 0 aromatic carbocycles. The van der Waals surface area contributed by atoms with Gasteiger partial charge in [-0.15, -0.1) is 0 Å². The largest absolute Gasteiger partial charge is 0.480 e. The molecule has 4 nitrogen and oxygen atoms in total. The van der Waals surface area contributed by atoms with E-state index >= 15 is 0 Å². The van der Waals surface area contributed by atoms with Gasteiger partial charge in [0.05, 0.1) is 0 Å². The summed E-state index contributed by atoms with van der Waals surface area (Å²) in [5.74, 6) is -0.755. The van der Waals surface area contributed by atoms with Crippen LogP contribution in [-0.4, -0.2) is 41.1 Å². The van der Waals surface area contributed by atoms with Gasteiger partial charge in [-0.05, 0) is 39.4 Å². The first-order valence-electron chi connectivity index (χ1n) is 5.21. The summed E-state index contributed by atoms with van der Waals surface area (Å²) in [6, 6.07) is 0. The second-order valence-corrected chi connectivity index (χ2v) is 3.64. The van der Waals surface area contributed by atoms with Crippen molar-refractivity contribution in [3.05, 3.63) is 0 Å². The molecule has 1 atom stereocenters. The van der Waals surface area contributed by atoms with Gasteiger partial charge in [0, 0.05) is 0 Å². The number of carboxylic acid groups (broad SMARTS) is 1. The highest BCUT2D eigenvalue weighted by molar-refractivity contribution is 5.78. The van der Waals surface area contributed by atoms with E-state index in [0.29, 0.717) is 13.0 Å². The second-order valence-electron chi connectivity index (χ2n) is 3.64. The third kappa shape index (κ3) is 2.96. The van der Waals surface area contributed by atoms with E-state index in [1.807, 2.05) is 18.7 Å². The molecule has 0 radical (unpaired) electrons. The molecule has 0 aromatic heterocycles. The molecule has 0 aliphatic rings. The fourth-order valence-electron chi connectivity index (χ4n) is 1.77. The molecule has 3 N–H and O–H groups in total. The molecule has 0 unspecified atom stereocenters. The van der Waals surface area contributed by atoms with Crippen LogP contribution in [0.3, 0.4) is 0 Å². The molecule has 0 bridgehead atoms. The number of hydrogen-bond acceptors (Lipinski definition) is 3. The molecule has 0 aliphatic carbocycles. The average molecular weight is 202 g/mol. The number of hydrogen-bond donors (Lipinski definition) is 2. The summed E-state index contributed by atoms with van der Waals surface area (Å²) in [6.07, 6.45) is 1.36. The van der Waals surface area contributed by atoms with Crippen molar-refractivity contribution in [1.29, 1.82) is 0 Å². The summed E-state index contributed by atoms with van der Waals surface area (Å²) in [6.45, 7) is 7.79. The molecule has 0 aliphatic heterocycles. The quantitative estimate of drug-likeness (QED) is 0.644. The lowest BCUT2D eigenvalue weighted by atomic mass is 9.93. The van der Waals surface area contributed by atoms with Crippen molar-refractivity contribution >= 4 is 5.97 Å². The molecule has 0 heterocycles. The zero-order valence-corrected chi connectivity index (χ0v) is 9.42. The normalized spacial score (nSPS) is 15.5. The molecule has 4 heteroatoms. The maximum atomic E-state index is 11.2. The van der Waals surface area contributed by atoms with Crippen molar-refractivity contribution in [3.8, 4) is 0 Å². The number of aliphatic carboxylic acids is 1. The van der Waals surface area contributed by atoms with Gasteiger partial charge in [-0.3, -0.25) is 9.69 Å². The maximum absolute atomic E-state index is 11.2. The Labute approximate surface area is 86.1 Å². The Bertz CT molecular complexity index is 181. The van der Waals surface area contributed by atoms with Gasteiger partial charge in [0.15, 0.2) is 0 Å². The van der Waals surface area contributed by atoms with Gasteiger partial charge in [-0.1, -0.05) is 13.8 Å². The molecule has 14 heavy (non-hydrogen) atoms. The number of rotatable bonds is 7. The molecule has 0 aromatic rings. The Balaban J connectivity index is 4.59. The Morgan fingerprint density at radius 3 is 2.21 bits per heavy atom. The number of carboxylic acids is 1. The molecule has 84 valence electrons. The van der Waals surface area contributed by atoms with Crippen LogP contribution in [0.2, 0.25) is 0 Å². The minimum absolute atomic E-state index is 0.546. The SMILES string of the molecule is CCN(CC)[C@@](C)(CCCN)C(=O)O. The van der Waals surface area contributed by atoms with Crippen LogP contribution < -0.4 is 5.73 Å². The first-order valence-corrected chi connectivity index (χ1v) is 5.21. The van der Waals surface area contributed by atoms with Crippen LogP contribution in [0.15, 0.2) is 0 Å². The van der Waals surface area contributed by atoms with Crippen molar-refractivity contribution in [2.75, 3.05) is 19.6 Å². The van der Waals surface area contributed by atoms with Crippen molar-refractivity contribution < 1.29 is 9.90 Å². The summed E-state index contributed by atoms with van der Waals surface area (Å²) in [4.78, 5) is 13.2. The highest BCUT2D eigenvalue weighted by atomic mass is 16.4. The fraction of sp³-hybridized carbons (Fsp3) is 0.900. The molecule has 0 spiro atoms. The van der Waals surface area contributed by atoms with E-state index in [4.69, 9.17) is 5.73 Å². The Hall–Kier alpha value is -0.610. The van der Waals surface area contributed by atoms with Gasteiger partial charge in [0.25, 0.3) is 0 Å². The van der Waals surface area contributed by atoms with E-state index in [2.05, 4.69) is 0 Å². The van der Waals surface area contributed by atoms with Crippen LogP contribution >= 0.6 is 0 Å². The van der Waals surface area contributed by atoms with Crippen molar-refractivity contribution in [3.63, 3.8) is 0 Å². The topological polar surface area (TPSA) is 66.6 Å². The van der Waals surface area contributed by atoms with E-state index in [1.54, 1.807) is 6.92 Å². The highest BCUT2D eigenvalue weighted by Gasteiger charge is 2.37. The minimum Gasteiger partial charge on any atom is -0.480 e. The second kappa shape index (κ2) is 5.98. The van der Waals surface area contributed by atoms with Gasteiger partial charge in [0.2, 0.25) is 0 Å². The first-order chi connectivity index (χ1) is 6.52. The van der Waals surface area contributed by atoms with Crippen LogP contribution in [0.4, 0.5) is 0 Å². The molecule has 0 saturated heterocycles. The molecule has 0 saturated carbocycles. The van der Waals surface area contributed by atoms with Crippen LogP contribution in [0.1, 0.15) is 33.6 Å². The smallest absolute Gasteiger partial charge is 0.323 e. The van der Waals surface area contributed by atoms with Gasteiger partial charge < -0.3 is 10.8 Å². The van der Waals surface area contributed by atoms with E-state index in [-0.39, 0.29) is 0 Å². The number of carbonyl (C=O) groups is 1. The van der Waals surface area contributed by atoms with Crippen LogP contribution in [0, 0.1) is 0 Å². The van der Waals surface area contributed by atoms with E-state index < -0.39 is 11.5 Å². The van der Waals surface area contributed by atoms with E-state index in [1.165, 1.54) is 0 Å². The Kier molecular flexibility index (Phi) is 5.72. The third-order valence-corrected chi connectivity index (χ3v) is 2.79. The number of likely N-dealkylation sites (N-methyl/N-ethyl adjacent to an activating group) is 1.